The van der Waals surface area contributed by atoms with E-state index in [-0.39, 0.29) is 18.1 Å². The average molecular weight is 290 g/mol. The van der Waals surface area contributed by atoms with E-state index in [4.69, 9.17) is 15.2 Å². The third-order valence-corrected chi connectivity index (χ3v) is 4.08. The number of para-hydroxylation sites is 1. The van der Waals surface area contributed by atoms with Crippen molar-refractivity contribution in [1.29, 1.82) is 0 Å². The number of nitrogens with two attached hydrogens (primary N) is 1. The van der Waals surface area contributed by atoms with Crippen molar-refractivity contribution < 1.29 is 14.3 Å². The zero-order chi connectivity index (χ0) is 14.7. The number of benzene rings is 1. The Bertz CT molecular complexity index is 500. The Morgan fingerprint density at radius 1 is 1.38 bits per heavy atom. The molecule has 3 rings (SSSR count). The van der Waals surface area contributed by atoms with Crippen LogP contribution < -0.4 is 10.5 Å². The lowest BCUT2D eigenvalue weighted by Gasteiger charge is -2.19. The van der Waals surface area contributed by atoms with Crippen molar-refractivity contribution >= 4 is 5.91 Å². The fraction of sp³-hybridized carbons (Fsp3) is 0.562. The van der Waals surface area contributed by atoms with Gasteiger partial charge < -0.3 is 20.1 Å². The van der Waals surface area contributed by atoms with E-state index < -0.39 is 0 Å². The molecular weight excluding hydrogens is 268 g/mol. The van der Waals surface area contributed by atoms with E-state index in [1.165, 1.54) is 0 Å². The third kappa shape index (κ3) is 3.36. The highest BCUT2D eigenvalue weighted by molar-refractivity contribution is 5.97. The van der Waals surface area contributed by atoms with Crippen LogP contribution in [0.15, 0.2) is 24.3 Å². The molecule has 2 atom stereocenters. The van der Waals surface area contributed by atoms with Crippen molar-refractivity contribution in [2.75, 3.05) is 26.3 Å². The van der Waals surface area contributed by atoms with Gasteiger partial charge in [-0.15, -0.1) is 0 Å². The van der Waals surface area contributed by atoms with Gasteiger partial charge in [0.15, 0.2) is 0 Å². The fourth-order valence-corrected chi connectivity index (χ4v) is 2.87. The van der Waals surface area contributed by atoms with E-state index in [0.29, 0.717) is 24.5 Å². The molecule has 21 heavy (non-hydrogen) atoms. The first-order valence-electron chi connectivity index (χ1n) is 7.62. The SMILES string of the molecule is N[C@@H]1CCN(C(=O)c2ccccc2OCC2CCCO2)C1. The van der Waals surface area contributed by atoms with Gasteiger partial charge in [0.25, 0.3) is 5.91 Å². The minimum atomic E-state index is 0.00545. The monoisotopic (exact) mass is 290 g/mol. The lowest BCUT2D eigenvalue weighted by Crippen LogP contribution is -2.32. The summed E-state index contributed by atoms with van der Waals surface area (Å²) in [5.41, 5.74) is 6.49. The topological polar surface area (TPSA) is 64.8 Å². The summed E-state index contributed by atoms with van der Waals surface area (Å²) in [6.45, 7) is 2.66. The second-order valence-corrected chi connectivity index (χ2v) is 5.74. The van der Waals surface area contributed by atoms with Gasteiger partial charge >= 0.3 is 0 Å². The predicted octanol–water partition coefficient (Wildman–Crippen LogP) is 1.42. The largest absolute Gasteiger partial charge is 0.490 e. The third-order valence-electron chi connectivity index (χ3n) is 4.08. The summed E-state index contributed by atoms with van der Waals surface area (Å²) in [5, 5.41) is 0. The van der Waals surface area contributed by atoms with Gasteiger partial charge in [-0.3, -0.25) is 4.79 Å². The first-order chi connectivity index (χ1) is 10.2. The van der Waals surface area contributed by atoms with Crippen LogP contribution in [0.4, 0.5) is 0 Å². The van der Waals surface area contributed by atoms with Crippen LogP contribution in [-0.2, 0) is 4.74 Å². The van der Waals surface area contributed by atoms with Crippen LogP contribution in [0.25, 0.3) is 0 Å². The summed E-state index contributed by atoms with van der Waals surface area (Å²) in [5.74, 6) is 0.643. The summed E-state index contributed by atoms with van der Waals surface area (Å²) < 4.78 is 11.4. The van der Waals surface area contributed by atoms with Gasteiger partial charge in [-0.1, -0.05) is 12.1 Å². The van der Waals surface area contributed by atoms with Crippen LogP contribution >= 0.6 is 0 Å². The molecule has 1 aromatic carbocycles. The number of hydrogen-bond donors (Lipinski definition) is 1. The molecule has 0 radical (unpaired) electrons. The number of rotatable bonds is 4. The Balaban J connectivity index is 1.68. The minimum absolute atomic E-state index is 0.00545. The van der Waals surface area contributed by atoms with Crippen molar-refractivity contribution in [2.45, 2.75) is 31.4 Å². The quantitative estimate of drug-likeness (QED) is 0.911. The second-order valence-electron chi connectivity index (χ2n) is 5.74. The van der Waals surface area contributed by atoms with Gasteiger partial charge in [-0.2, -0.15) is 0 Å². The Hall–Kier alpha value is -1.59. The number of nitrogens with zero attached hydrogens (tertiary/aromatic N) is 1. The highest BCUT2D eigenvalue weighted by atomic mass is 16.5. The molecule has 0 spiro atoms. The molecule has 2 heterocycles. The number of carbonyl (C=O) groups is 1. The molecule has 1 amide bonds. The number of amides is 1. The molecule has 2 aliphatic rings. The Kier molecular flexibility index (Phi) is 4.41. The molecule has 0 aromatic heterocycles. The van der Waals surface area contributed by atoms with Crippen molar-refractivity contribution in [3.63, 3.8) is 0 Å². The van der Waals surface area contributed by atoms with Crippen LogP contribution in [0.1, 0.15) is 29.6 Å². The molecule has 1 unspecified atom stereocenters. The molecule has 0 saturated carbocycles. The second kappa shape index (κ2) is 6.45. The first kappa shape index (κ1) is 14.4. The van der Waals surface area contributed by atoms with E-state index in [1.807, 2.05) is 24.3 Å². The van der Waals surface area contributed by atoms with Crippen molar-refractivity contribution in [3.8, 4) is 5.75 Å². The van der Waals surface area contributed by atoms with Gasteiger partial charge in [0.1, 0.15) is 12.4 Å². The smallest absolute Gasteiger partial charge is 0.257 e. The Morgan fingerprint density at radius 3 is 2.95 bits per heavy atom. The highest BCUT2D eigenvalue weighted by Crippen LogP contribution is 2.23. The van der Waals surface area contributed by atoms with Crippen molar-refractivity contribution in [1.82, 2.24) is 4.90 Å². The minimum Gasteiger partial charge on any atom is -0.490 e. The van der Waals surface area contributed by atoms with Crippen molar-refractivity contribution in [2.24, 2.45) is 5.73 Å². The lowest BCUT2D eigenvalue weighted by atomic mass is 10.1. The van der Waals surface area contributed by atoms with Crippen LogP contribution in [-0.4, -0.2) is 49.3 Å². The maximum atomic E-state index is 12.6. The molecule has 2 N–H and O–H groups in total. The zero-order valence-corrected chi connectivity index (χ0v) is 12.2. The van der Waals surface area contributed by atoms with Crippen LogP contribution in [0.5, 0.6) is 5.75 Å². The lowest BCUT2D eigenvalue weighted by molar-refractivity contribution is 0.0657. The number of likely N-dealkylation sites (tertiary alicyclic amines) is 1. The molecule has 5 heteroatoms. The molecule has 2 fully saturated rings. The molecule has 2 aliphatic heterocycles. The Morgan fingerprint density at radius 2 is 2.24 bits per heavy atom. The van der Waals surface area contributed by atoms with E-state index in [9.17, 15) is 4.79 Å². The number of carbonyl (C=O) groups excluding carboxylic acids is 1. The van der Waals surface area contributed by atoms with E-state index in [1.54, 1.807) is 4.90 Å². The highest BCUT2D eigenvalue weighted by Gasteiger charge is 2.26. The summed E-state index contributed by atoms with van der Waals surface area (Å²) in [7, 11) is 0. The normalized spacial score (nSPS) is 25.3. The zero-order valence-electron chi connectivity index (χ0n) is 12.2. The van der Waals surface area contributed by atoms with E-state index >= 15 is 0 Å². The first-order valence-corrected chi connectivity index (χ1v) is 7.62. The fourth-order valence-electron chi connectivity index (χ4n) is 2.87. The molecule has 0 bridgehead atoms. The van der Waals surface area contributed by atoms with Gasteiger partial charge in [-0.25, -0.2) is 0 Å². The maximum Gasteiger partial charge on any atom is 0.257 e. The molecule has 0 aliphatic carbocycles. The van der Waals surface area contributed by atoms with Crippen LogP contribution in [0.2, 0.25) is 0 Å². The summed E-state index contributed by atoms with van der Waals surface area (Å²) in [6.07, 6.45) is 3.12. The summed E-state index contributed by atoms with van der Waals surface area (Å²) >= 11 is 0. The number of ether oxygens (including phenoxy) is 2. The van der Waals surface area contributed by atoms with Gasteiger partial charge in [0.05, 0.1) is 11.7 Å². The standard InChI is InChI=1S/C16H22N2O3/c17-12-7-8-18(10-12)16(19)14-5-1-2-6-15(14)21-11-13-4-3-9-20-13/h1-2,5-6,12-13H,3-4,7-11,17H2/t12-,13?/m1/s1. The van der Waals surface area contributed by atoms with Gasteiger partial charge in [0, 0.05) is 25.7 Å². The van der Waals surface area contributed by atoms with E-state index in [0.717, 1.165) is 32.4 Å². The van der Waals surface area contributed by atoms with E-state index in [2.05, 4.69) is 0 Å². The number of hydrogen-bond acceptors (Lipinski definition) is 4. The molecule has 5 nitrogen and oxygen atoms in total. The van der Waals surface area contributed by atoms with Crippen LogP contribution in [0.3, 0.4) is 0 Å². The predicted molar refractivity (Wildman–Crippen MR) is 79.4 cm³/mol. The maximum absolute atomic E-state index is 12.6. The van der Waals surface area contributed by atoms with Crippen molar-refractivity contribution in [3.05, 3.63) is 29.8 Å². The molecular formula is C16H22N2O3. The molecule has 114 valence electrons. The van der Waals surface area contributed by atoms with Gasteiger partial charge in [-0.05, 0) is 31.4 Å². The van der Waals surface area contributed by atoms with Crippen LogP contribution in [0, 0.1) is 0 Å². The molecule has 1 aromatic rings. The molecule has 2 saturated heterocycles. The Labute approximate surface area is 125 Å². The summed E-state index contributed by atoms with van der Waals surface area (Å²) in [6, 6.07) is 7.50. The average Bonchev–Trinajstić information content (AvgIpc) is 3.16. The van der Waals surface area contributed by atoms with Gasteiger partial charge in [0.2, 0.25) is 0 Å². The summed E-state index contributed by atoms with van der Waals surface area (Å²) in [4.78, 5) is 14.4.